The Morgan fingerprint density at radius 2 is 2.08 bits per heavy atom. The zero-order valence-electron chi connectivity index (χ0n) is 13.9. The van der Waals surface area contributed by atoms with Gasteiger partial charge in [-0.15, -0.1) is 0 Å². The molecule has 130 valence electrons. The number of rotatable bonds is 3. The van der Waals surface area contributed by atoms with Gasteiger partial charge >= 0.3 is 0 Å². The predicted octanol–water partition coefficient (Wildman–Crippen LogP) is 4.28. The lowest BCUT2D eigenvalue weighted by molar-refractivity contribution is -0.127. The van der Waals surface area contributed by atoms with Crippen molar-refractivity contribution in [2.75, 3.05) is 6.54 Å². The molecule has 3 nitrogen and oxygen atoms in total. The summed E-state index contributed by atoms with van der Waals surface area (Å²) in [4.78, 5) is 13.7. The third-order valence-corrected chi connectivity index (χ3v) is 4.95. The van der Waals surface area contributed by atoms with E-state index in [1.54, 1.807) is 4.90 Å². The van der Waals surface area contributed by atoms with E-state index in [1.165, 1.54) is 11.6 Å². The molecule has 0 aromatic heterocycles. The zero-order valence-corrected chi connectivity index (χ0v) is 13.9. The van der Waals surface area contributed by atoms with E-state index in [9.17, 15) is 13.6 Å². The number of halogens is 2. The lowest BCUT2D eigenvalue weighted by atomic mass is 9.90. The summed E-state index contributed by atoms with van der Waals surface area (Å²) in [5, 5.41) is 0. The summed E-state index contributed by atoms with van der Waals surface area (Å²) < 4.78 is 32.4. The number of nitrogens with zero attached hydrogens (tertiary/aromatic N) is 1. The summed E-state index contributed by atoms with van der Waals surface area (Å²) >= 11 is 0. The molecule has 1 atom stereocenters. The topological polar surface area (TPSA) is 29.5 Å². The van der Waals surface area contributed by atoms with Crippen LogP contribution in [0.4, 0.5) is 8.78 Å². The number of benzene rings is 1. The molecule has 0 spiro atoms. The van der Waals surface area contributed by atoms with Crippen LogP contribution in [0.3, 0.4) is 0 Å². The van der Waals surface area contributed by atoms with E-state index in [0.29, 0.717) is 31.7 Å². The molecule has 0 N–H and O–H groups in total. The largest absolute Gasteiger partial charge is 0.490 e. The molecule has 1 aliphatic heterocycles. The minimum atomic E-state index is -2.54. The highest BCUT2D eigenvalue weighted by Crippen LogP contribution is 2.36. The Kier molecular flexibility index (Phi) is 4.61. The molecule has 1 amide bonds. The van der Waals surface area contributed by atoms with Crippen molar-refractivity contribution in [2.24, 2.45) is 0 Å². The Balaban J connectivity index is 1.72. The number of fused-ring (bicyclic) bond motifs is 1. The SMILES string of the molecule is C=CC(=O)N1Cc2cc(OC3CCC(F)(F)CC3)ccc2C(C)C1. The van der Waals surface area contributed by atoms with Crippen LogP contribution in [0.2, 0.25) is 0 Å². The van der Waals surface area contributed by atoms with E-state index in [4.69, 9.17) is 4.74 Å². The van der Waals surface area contributed by atoms with Crippen LogP contribution in [0.15, 0.2) is 30.9 Å². The normalized spacial score (nSPS) is 23.5. The quantitative estimate of drug-likeness (QED) is 0.772. The van der Waals surface area contributed by atoms with Crippen LogP contribution in [0.5, 0.6) is 5.75 Å². The van der Waals surface area contributed by atoms with Crippen LogP contribution in [0.1, 0.15) is 49.7 Å². The van der Waals surface area contributed by atoms with Crippen molar-refractivity contribution in [1.29, 1.82) is 0 Å². The van der Waals surface area contributed by atoms with E-state index in [0.717, 1.165) is 5.56 Å². The average Bonchev–Trinajstić information content (AvgIpc) is 2.55. The van der Waals surface area contributed by atoms with Crippen molar-refractivity contribution in [3.05, 3.63) is 42.0 Å². The number of alkyl halides is 2. The molecule has 0 saturated heterocycles. The third kappa shape index (κ3) is 3.60. The predicted molar refractivity (Wildman–Crippen MR) is 88.3 cm³/mol. The molecule has 0 bridgehead atoms. The fourth-order valence-electron chi connectivity index (χ4n) is 3.59. The van der Waals surface area contributed by atoms with Crippen molar-refractivity contribution < 1.29 is 18.3 Å². The lowest BCUT2D eigenvalue weighted by Gasteiger charge is -2.33. The molecule has 1 saturated carbocycles. The standard InChI is InChI=1S/C19H23F2NO2/c1-3-18(23)22-11-13(2)17-5-4-16(10-14(17)12-22)24-15-6-8-19(20,21)9-7-15/h3-5,10,13,15H,1,6-9,11-12H2,2H3. The first-order valence-electron chi connectivity index (χ1n) is 8.46. The molecule has 5 heteroatoms. The molecule has 0 radical (unpaired) electrons. The molecule has 1 aliphatic carbocycles. The molecule has 1 aromatic rings. The zero-order chi connectivity index (χ0) is 17.3. The fraction of sp³-hybridized carbons (Fsp3) is 0.526. The number of amides is 1. The van der Waals surface area contributed by atoms with E-state index >= 15 is 0 Å². The van der Waals surface area contributed by atoms with Gasteiger partial charge in [0, 0.05) is 25.9 Å². The Hall–Kier alpha value is -1.91. The highest BCUT2D eigenvalue weighted by Gasteiger charge is 2.35. The van der Waals surface area contributed by atoms with Crippen LogP contribution >= 0.6 is 0 Å². The van der Waals surface area contributed by atoms with Gasteiger partial charge in [-0.25, -0.2) is 8.78 Å². The van der Waals surface area contributed by atoms with Crippen LogP contribution in [0, 0.1) is 0 Å². The van der Waals surface area contributed by atoms with Gasteiger partial charge in [0.25, 0.3) is 0 Å². The number of hydrogen-bond donors (Lipinski definition) is 0. The fourth-order valence-corrected chi connectivity index (χ4v) is 3.59. The van der Waals surface area contributed by atoms with Gasteiger partial charge in [-0.1, -0.05) is 19.6 Å². The minimum Gasteiger partial charge on any atom is -0.490 e. The molecule has 1 unspecified atom stereocenters. The van der Waals surface area contributed by atoms with E-state index in [-0.39, 0.29) is 30.8 Å². The first-order chi connectivity index (χ1) is 11.4. The first-order valence-corrected chi connectivity index (χ1v) is 8.46. The van der Waals surface area contributed by atoms with E-state index < -0.39 is 5.92 Å². The molecule has 3 rings (SSSR count). The first kappa shape index (κ1) is 16.9. The van der Waals surface area contributed by atoms with Gasteiger partial charge in [0.2, 0.25) is 11.8 Å². The van der Waals surface area contributed by atoms with Gasteiger partial charge in [0.1, 0.15) is 5.75 Å². The Morgan fingerprint density at radius 1 is 1.38 bits per heavy atom. The van der Waals surface area contributed by atoms with E-state index in [2.05, 4.69) is 13.5 Å². The molecule has 1 fully saturated rings. The van der Waals surface area contributed by atoms with Gasteiger partial charge in [0.05, 0.1) is 6.10 Å². The molecule has 24 heavy (non-hydrogen) atoms. The highest BCUT2D eigenvalue weighted by molar-refractivity contribution is 5.87. The van der Waals surface area contributed by atoms with Gasteiger partial charge in [0.15, 0.2) is 0 Å². The van der Waals surface area contributed by atoms with Gasteiger partial charge < -0.3 is 9.64 Å². The van der Waals surface area contributed by atoms with Gasteiger partial charge in [-0.05, 0) is 48.1 Å². The Morgan fingerprint density at radius 3 is 2.75 bits per heavy atom. The monoisotopic (exact) mass is 335 g/mol. The van der Waals surface area contributed by atoms with Crippen LogP contribution in [-0.4, -0.2) is 29.4 Å². The molecule has 2 aliphatic rings. The van der Waals surface area contributed by atoms with Crippen molar-refractivity contribution in [3.63, 3.8) is 0 Å². The number of hydrogen-bond acceptors (Lipinski definition) is 2. The number of carbonyl (C=O) groups is 1. The highest BCUT2D eigenvalue weighted by atomic mass is 19.3. The smallest absolute Gasteiger partial charge is 0.248 e. The summed E-state index contributed by atoms with van der Waals surface area (Å²) in [7, 11) is 0. The summed E-state index contributed by atoms with van der Waals surface area (Å²) in [6, 6.07) is 5.89. The van der Waals surface area contributed by atoms with Crippen molar-refractivity contribution >= 4 is 5.91 Å². The van der Waals surface area contributed by atoms with E-state index in [1.807, 2.05) is 18.2 Å². The molecular formula is C19H23F2NO2. The van der Waals surface area contributed by atoms with Crippen LogP contribution in [-0.2, 0) is 11.3 Å². The van der Waals surface area contributed by atoms with Gasteiger partial charge in [-0.3, -0.25) is 4.79 Å². The summed E-state index contributed by atoms with van der Waals surface area (Å²) in [5.74, 6) is -1.67. The maximum Gasteiger partial charge on any atom is 0.248 e. The van der Waals surface area contributed by atoms with Crippen molar-refractivity contribution in [1.82, 2.24) is 4.90 Å². The average molecular weight is 335 g/mol. The maximum absolute atomic E-state index is 13.2. The van der Waals surface area contributed by atoms with Crippen LogP contribution < -0.4 is 4.74 Å². The van der Waals surface area contributed by atoms with Gasteiger partial charge in [-0.2, -0.15) is 0 Å². The molecular weight excluding hydrogens is 312 g/mol. The summed E-state index contributed by atoms with van der Waals surface area (Å²) in [6.45, 7) is 6.84. The second-order valence-electron chi connectivity index (χ2n) is 6.86. The van der Waals surface area contributed by atoms with Crippen molar-refractivity contribution in [2.45, 2.75) is 57.1 Å². The maximum atomic E-state index is 13.2. The Bertz CT molecular complexity index is 634. The Labute approximate surface area is 141 Å². The minimum absolute atomic E-state index is 0.0756. The summed E-state index contributed by atoms with van der Waals surface area (Å²) in [6.07, 6.45) is 1.71. The number of carbonyl (C=O) groups excluding carboxylic acids is 1. The third-order valence-electron chi connectivity index (χ3n) is 4.95. The lowest BCUT2D eigenvalue weighted by Crippen LogP contribution is -2.36. The number of ether oxygens (including phenoxy) is 1. The van der Waals surface area contributed by atoms with Crippen molar-refractivity contribution in [3.8, 4) is 5.75 Å². The molecule has 1 heterocycles. The second-order valence-corrected chi connectivity index (χ2v) is 6.86. The summed E-state index contributed by atoms with van der Waals surface area (Å²) in [5.41, 5.74) is 2.27. The van der Waals surface area contributed by atoms with Crippen LogP contribution in [0.25, 0.3) is 0 Å². The second kappa shape index (κ2) is 6.54. The molecule has 1 aromatic carbocycles.